The van der Waals surface area contributed by atoms with Crippen molar-refractivity contribution >= 4 is 10.0 Å². The third kappa shape index (κ3) is 2.99. The molecule has 0 spiro atoms. The van der Waals surface area contributed by atoms with E-state index in [4.69, 9.17) is 0 Å². The smallest absolute Gasteiger partial charge is 0.243 e. The van der Waals surface area contributed by atoms with E-state index in [0.29, 0.717) is 4.90 Å². The average molecular weight is 282 g/mol. The van der Waals surface area contributed by atoms with Gasteiger partial charge in [-0.3, -0.25) is 0 Å². The summed E-state index contributed by atoms with van der Waals surface area (Å²) in [4.78, 5) is 0.388. The molecule has 1 aromatic carbocycles. The van der Waals surface area contributed by atoms with Crippen LogP contribution in [0.4, 0.5) is 0 Å². The van der Waals surface area contributed by atoms with Gasteiger partial charge in [-0.25, -0.2) is 8.42 Å². The number of nitrogens with zero attached hydrogens (tertiary/aromatic N) is 1. The number of aryl methyl sites for hydroxylation is 1. The van der Waals surface area contributed by atoms with E-state index < -0.39 is 10.0 Å². The Bertz CT molecular complexity index is 517. The predicted molar refractivity (Wildman–Crippen MR) is 76.6 cm³/mol. The molecular formula is C14H22N2O2S. The van der Waals surface area contributed by atoms with Crippen molar-refractivity contribution in [3.8, 4) is 0 Å². The maximum absolute atomic E-state index is 12.8. The van der Waals surface area contributed by atoms with E-state index in [9.17, 15) is 8.42 Å². The Kier molecular flexibility index (Phi) is 4.28. The number of nitrogens with one attached hydrogen (secondary N) is 1. The maximum Gasteiger partial charge on any atom is 0.243 e. The Morgan fingerprint density at radius 3 is 2.37 bits per heavy atom. The van der Waals surface area contributed by atoms with Gasteiger partial charge in [0.1, 0.15) is 0 Å². The number of hydrogen-bond donors (Lipinski definition) is 1. The van der Waals surface area contributed by atoms with Crippen LogP contribution >= 0.6 is 0 Å². The highest BCUT2D eigenvalue weighted by atomic mass is 32.2. The zero-order valence-electron chi connectivity index (χ0n) is 11.8. The summed E-state index contributed by atoms with van der Waals surface area (Å²) in [5, 5.41) is 3.23. The van der Waals surface area contributed by atoms with Gasteiger partial charge in [0, 0.05) is 18.6 Å². The molecule has 5 heteroatoms. The molecule has 106 valence electrons. The molecule has 1 aliphatic heterocycles. The van der Waals surface area contributed by atoms with Crippen LogP contribution in [0.15, 0.2) is 29.2 Å². The van der Waals surface area contributed by atoms with Crippen molar-refractivity contribution in [2.45, 2.75) is 44.2 Å². The molecule has 4 nitrogen and oxygen atoms in total. The lowest BCUT2D eigenvalue weighted by Gasteiger charge is -2.31. The van der Waals surface area contributed by atoms with Gasteiger partial charge in [0.2, 0.25) is 10.0 Å². The molecule has 1 aliphatic rings. The summed E-state index contributed by atoms with van der Waals surface area (Å²) in [6.45, 7) is 7.45. The van der Waals surface area contributed by atoms with Crippen molar-refractivity contribution in [1.29, 1.82) is 0 Å². The molecule has 1 unspecified atom stereocenters. The highest BCUT2D eigenvalue weighted by molar-refractivity contribution is 7.89. The van der Waals surface area contributed by atoms with Crippen LogP contribution in [0.2, 0.25) is 0 Å². The Hall–Kier alpha value is -0.910. The Morgan fingerprint density at radius 1 is 1.26 bits per heavy atom. The maximum atomic E-state index is 12.8. The van der Waals surface area contributed by atoms with E-state index in [1.165, 1.54) is 0 Å². The molecule has 1 aromatic rings. The molecule has 0 bridgehead atoms. The molecule has 0 aromatic heterocycles. The minimum absolute atomic E-state index is 0.0313. The van der Waals surface area contributed by atoms with Gasteiger partial charge in [-0.05, 0) is 45.9 Å². The quantitative estimate of drug-likeness (QED) is 0.915. The van der Waals surface area contributed by atoms with Crippen molar-refractivity contribution in [3.05, 3.63) is 29.8 Å². The van der Waals surface area contributed by atoms with Crippen LogP contribution in [0.25, 0.3) is 0 Å². The number of hydrogen-bond acceptors (Lipinski definition) is 3. The van der Waals surface area contributed by atoms with Crippen LogP contribution in [0.5, 0.6) is 0 Å². The second kappa shape index (κ2) is 5.61. The zero-order chi connectivity index (χ0) is 14.0. The lowest BCUT2D eigenvalue weighted by Crippen LogP contribution is -2.45. The van der Waals surface area contributed by atoms with Gasteiger partial charge in [-0.1, -0.05) is 17.7 Å². The van der Waals surface area contributed by atoms with Gasteiger partial charge < -0.3 is 5.32 Å². The fourth-order valence-corrected chi connectivity index (χ4v) is 4.43. The summed E-state index contributed by atoms with van der Waals surface area (Å²) in [5.41, 5.74) is 1.07. The number of benzene rings is 1. The average Bonchev–Trinajstić information content (AvgIpc) is 2.82. The van der Waals surface area contributed by atoms with Crippen LogP contribution in [0.3, 0.4) is 0 Å². The van der Waals surface area contributed by atoms with Crippen LogP contribution in [-0.4, -0.2) is 37.9 Å². The second-order valence-electron chi connectivity index (χ2n) is 5.39. The summed E-state index contributed by atoms with van der Waals surface area (Å²) in [7, 11) is -3.41. The van der Waals surface area contributed by atoms with Gasteiger partial charge in [0.25, 0.3) is 0 Å². The lowest BCUT2D eigenvalue weighted by molar-refractivity contribution is 0.286. The number of sulfonamides is 1. The third-order valence-electron chi connectivity index (χ3n) is 3.50. The molecule has 0 aliphatic carbocycles. The molecule has 0 amide bonds. The van der Waals surface area contributed by atoms with Crippen molar-refractivity contribution < 1.29 is 8.42 Å². The SMILES string of the molecule is Cc1ccc(S(=O)(=O)N(C(C)C)C2CCNC2)cc1. The molecular weight excluding hydrogens is 260 g/mol. The van der Waals surface area contributed by atoms with Crippen LogP contribution < -0.4 is 5.32 Å². The highest BCUT2D eigenvalue weighted by Gasteiger charge is 2.34. The van der Waals surface area contributed by atoms with Gasteiger partial charge in [0.15, 0.2) is 0 Å². The number of rotatable bonds is 4. The lowest BCUT2D eigenvalue weighted by atomic mass is 10.2. The molecule has 1 heterocycles. The van der Waals surface area contributed by atoms with E-state index in [2.05, 4.69) is 5.32 Å². The molecule has 1 N–H and O–H groups in total. The van der Waals surface area contributed by atoms with Gasteiger partial charge in [-0.15, -0.1) is 0 Å². The van der Waals surface area contributed by atoms with Crippen molar-refractivity contribution in [2.75, 3.05) is 13.1 Å². The van der Waals surface area contributed by atoms with Gasteiger partial charge in [-0.2, -0.15) is 4.31 Å². The van der Waals surface area contributed by atoms with E-state index >= 15 is 0 Å². The molecule has 1 atom stereocenters. The van der Waals surface area contributed by atoms with Gasteiger partial charge in [0.05, 0.1) is 4.90 Å². The monoisotopic (exact) mass is 282 g/mol. The first kappa shape index (κ1) is 14.5. The van der Waals surface area contributed by atoms with Crippen LogP contribution in [0.1, 0.15) is 25.8 Å². The van der Waals surface area contributed by atoms with Crippen molar-refractivity contribution in [3.63, 3.8) is 0 Å². The summed E-state index contributed by atoms with van der Waals surface area (Å²) < 4.78 is 27.2. The largest absolute Gasteiger partial charge is 0.315 e. The highest BCUT2D eigenvalue weighted by Crippen LogP contribution is 2.23. The molecule has 1 saturated heterocycles. The first-order chi connectivity index (χ1) is 8.93. The summed E-state index contributed by atoms with van der Waals surface area (Å²) in [6.07, 6.45) is 0.878. The van der Waals surface area contributed by atoms with E-state index in [0.717, 1.165) is 25.1 Å². The van der Waals surface area contributed by atoms with E-state index in [1.807, 2.05) is 32.9 Å². The predicted octanol–water partition coefficient (Wildman–Crippen LogP) is 1.76. The fourth-order valence-electron chi connectivity index (χ4n) is 2.58. The molecule has 2 rings (SSSR count). The fraction of sp³-hybridized carbons (Fsp3) is 0.571. The van der Waals surface area contributed by atoms with E-state index in [1.54, 1.807) is 16.4 Å². The third-order valence-corrected chi connectivity index (χ3v) is 5.64. The first-order valence-electron chi connectivity index (χ1n) is 6.74. The molecule has 0 saturated carbocycles. The zero-order valence-corrected chi connectivity index (χ0v) is 12.6. The molecule has 19 heavy (non-hydrogen) atoms. The van der Waals surface area contributed by atoms with Crippen molar-refractivity contribution in [2.24, 2.45) is 0 Å². The minimum atomic E-state index is -3.41. The Morgan fingerprint density at radius 2 is 1.89 bits per heavy atom. The normalized spacial score (nSPS) is 20.4. The Balaban J connectivity index is 2.36. The summed E-state index contributed by atoms with van der Waals surface area (Å²) in [5.74, 6) is 0. The van der Waals surface area contributed by atoms with E-state index in [-0.39, 0.29) is 12.1 Å². The summed E-state index contributed by atoms with van der Waals surface area (Å²) in [6, 6.07) is 7.11. The van der Waals surface area contributed by atoms with Crippen molar-refractivity contribution in [1.82, 2.24) is 9.62 Å². The van der Waals surface area contributed by atoms with Gasteiger partial charge >= 0.3 is 0 Å². The standard InChI is InChI=1S/C14H22N2O2S/c1-11(2)16(13-8-9-15-10-13)19(17,18)14-6-4-12(3)5-7-14/h4-7,11,13,15H,8-10H2,1-3H3. The second-order valence-corrected chi connectivity index (χ2v) is 7.23. The molecule has 0 radical (unpaired) electrons. The van der Waals surface area contributed by atoms with Crippen LogP contribution in [0, 0.1) is 6.92 Å². The Labute approximate surface area is 115 Å². The van der Waals surface area contributed by atoms with Crippen LogP contribution in [-0.2, 0) is 10.0 Å². The first-order valence-corrected chi connectivity index (χ1v) is 8.18. The summed E-state index contributed by atoms with van der Waals surface area (Å²) >= 11 is 0. The topological polar surface area (TPSA) is 49.4 Å². The minimum Gasteiger partial charge on any atom is -0.315 e. The molecule has 1 fully saturated rings.